The van der Waals surface area contributed by atoms with Gasteiger partial charge in [-0.15, -0.1) is 0 Å². The van der Waals surface area contributed by atoms with E-state index < -0.39 is 17.8 Å². The molecule has 5 heteroatoms. The minimum absolute atomic E-state index is 0.205. The van der Waals surface area contributed by atoms with E-state index >= 15 is 0 Å². The number of benzene rings is 2. The number of carbonyl (C=O) groups excluding carboxylic acids is 3. The van der Waals surface area contributed by atoms with Gasteiger partial charge in [0, 0.05) is 11.5 Å². The summed E-state index contributed by atoms with van der Waals surface area (Å²) in [7, 11) is 0. The molecule has 1 heterocycles. The number of carbonyl (C=O) groups is 3. The Bertz CT molecular complexity index is 795. The average molecular weight is 291 g/mol. The molecular formula is C17H9NO4. The minimum Gasteiger partial charge on any atom is -0.317 e. The number of nitrogens with zero attached hydrogens (tertiary/aromatic N) is 1. The first kappa shape index (κ1) is 13.6. The predicted molar refractivity (Wildman–Crippen MR) is 76.4 cm³/mol. The zero-order chi connectivity index (χ0) is 15.5. The molecule has 22 heavy (non-hydrogen) atoms. The Hall–Kier alpha value is -3.39. The lowest BCUT2D eigenvalue weighted by molar-refractivity contribution is -0.160. The summed E-state index contributed by atoms with van der Waals surface area (Å²) < 4.78 is 0. The minimum atomic E-state index is -0.974. The van der Waals surface area contributed by atoms with E-state index in [1.807, 2.05) is 6.07 Å². The van der Waals surface area contributed by atoms with Crippen LogP contribution in [0.25, 0.3) is 0 Å². The van der Waals surface area contributed by atoms with E-state index in [-0.39, 0.29) is 11.1 Å². The summed E-state index contributed by atoms with van der Waals surface area (Å²) >= 11 is 0. The number of hydroxylamine groups is 2. The van der Waals surface area contributed by atoms with Crippen molar-refractivity contribution in [1.82, 2.24) is 5.06 Å². The van der Waals surface area contributed by atoms with Crippen LogP contribution in [0.2, 0.25) is 0 Å². The number of fused-ring (bicyclic) bond motifs is 1. The van der Waals surface area contributed by atoms with Gasteiger partial charge in [-0.05, 0) is 24.3 Å². The van der Waals surface area contributed by atoms with Crippen molar-refractivity contribution in [2.75, 3.05) is 0 Å². The van der Waals surface area contributed by atoms with Crippen molar-refractivity contribution in [2.45, 2.75) is 0 Å². The first-order valence-electron chi connectivity index (χ1n) is 6.43. The molecule has 1 aliphatic rings. The lowest BCUT2D eigenvalue weighted by Gasteiger charge is -2.09. The quantitative estimate of drug-likeness (QED) is 0.593. The van der Waals surface area contributed by atoms with E-state index in [0.29, 0.717) is 10.6 Å². The first-order chi connectivity index (χ1) is 10.7. The summed E-state index contributed by atoms with van der Waals surface area (Å²) in [6.07, 6.45) is 0. The molecule has 2 aromatic carbocycles. The van der Waals surface area contributed by atoms with Gasteiger partial charge >= 0.3 is 5.97 Å². The molecule has 2 aromatic rings. The number of hydrogen-bond acceptors (Lipinski definition) is 4. The molecule has 0 radical (unpaired) electrons. The Morgan fingerprint density at radius 1 is 0.864 bits per heavy atom. The van der Waals surface area contributed by atoms with Crippen molar-refractivity contribution in [3.05, 3.63) is 71.3 Å². The van der Waals surface area contributed by atoms with Gasteiger partial charge in [0.2, 0.25) is 0 Å². The second-order valence-corrected chi connectivity index (χ2v) is 4.45. The zero-order valence-electron chi connectivity index (χ0n) is 11.3. The smallest absolute Gasteiger partial charge is 0.317 e. The maximum Gasteiger partial charge on any atom is 0.409 e. The van der Waals surface area contributed by atoms with Crippen molar-refractivity contribution < 1.29 is 19.2 Å². The Balaban J connectivity index is 1.75. The third kappa shape index (κ3) is 2.45. The summed E-state index contributed by atoms with van der Waals surface area (Å²) in [6, 6.07) is 15.1. The standard InChI is InChI=1S/C17H9NO4/c19-15(11-10-12-6-2-1-3-7-12)22-18-16(20)13-8-4-5-9-14(13)17(18)21/h1-9H. The first-order valence-corrected chi connectivity index (χ1v) is 6.43. The van der Waals surface area contributed by atoms with Gasteiger partial charge in [0.25, 0.3) is 11.8 Å². The summed E-state index contributed by atoms with van der Waals surface area (Å²) in [5.74, 6) is 2.52. The van der Waals surface area contributed by atoms with E-state index in [2.05, 4.69) is 11.8 Å². The molecule has 0 saturated carbocycles. The van der Waals surface area contributed by atoms with Crippen molar-refractivity contribution in [3.8, 4) is 11.8 Å². The van der Waals surface area contributed by atoms with E-state index in [0.717, 1.165) is 0 Å². The molecule has 0 N–H and O–H groups in total. The molecule has 106 valence electrons. The molecule has 0 aliphatic carbocycles. The normalized spacial score (nSPS) is 12.5. The maximum atomic E-state index is 12.0. The van der Waals surface area contributed by atoms with Crippen LogP contribution < -0.4 is 0 Å². The van der Waals surface area contributed by atoms with E-state index in [1.165, 1.54) is 12.1 Å². The van der Waals surface area contributed by atoms with Crippen molar-refractivity contribution in [2.24, 2.45) is 0 Å². The van der Waals surface area contributed by atoms with Crippen molar-refractivity contribution in [3.63, 3.8) is 0 Å². The van der Waals surface area contributed by atoms with Gasteiger partial charge in [0.05, 0.1) is 11.1 Å². The Morgan fingerprint density at radius 2 is 1.41 bits per heavy atom. The van der Waals surface area contributed by atoms with Gasteiger partial charge in [-0.2, -0.15) is 0 Å². The Morgan fingerprint density at radius 3 is 2.00 bits per heavy atom. The molecular weight excluding hydrogens is 282 g/mol. The molecule has 5 nitrogen and oxygen atoms in total. The van der Waals surface area contributed by atoms with Crippen LogP contribution in [0.15, 0.2) is 54.6 Å². The molecule has 0 bridgehead atoms. The highest BCUT2D eigenvalue weighted by molar-refractivity contribution is 6.21. The average Bonchev–Trinajstić information content (AvgIpc) is 2.79. The van der Waals surface area contributed by atoms with Crippen LogP contribution in [-0.4, -0.2) is 22.8 Å². The fraction of sp³-hybridized carbons (Fsp3) is 0. The number of hydrogen-bond donors (Lipinski definition) is 0. The second-order valence-electron chi connectivity index (χ2n) is 4.45. The molecule has 0 spiro atoms. The van der Waals surface area contributed by atoms with Crippen molar-refractivity contribution in [1.29, 1.82) is 0 Å². The van der Waals surface area contributed by atoms with Crippen LogP contribution in [-0.2, 0) is 9.63 Å². The fourth-order valence-corrected chi connectivity index (χ4v) is 2.00. The van der Waals surface area contributed by atoms with Crippen LogP contribution in [0.3, 0.4) is 0 Å². The van der Waals surface area contributed by atoms with E-state index in [4.69, 9.17) is 4.84 Å². The number of imide groups is 1. The van der Waals surface area contributed by atoms with Gasteiger partial charge < -0.3 is 4.84 Å². The van der Waals surface area contributed by atoms with Gasteiger partial charge in [-0.1, -0.05) is 41.3 Å². The van der Waals surface area contributed by atoms with E-state index in [1.54, 1.807) is 36.4 Å². The van der Waals surface area contributed by atoms with Crippen LogP contribution in [0, 0.1) is 11.8 Å². The fourth-order valence-electron chi connectivity index (χ4n) is 2.00. The van der Waals surface area contributed by atoms with Gasteiger partial charge in [-0.3, -0.25) is 9.59 Å². The molecule has 0 aromatic heterocycles. The van der Waals surface area contributed by atoms with Crippen LogP contribution in [0.5, 0.6) is 0 Å². The highest BCUT2D eigenvalue weighted by Gasteiger charge is 2.38. The molecule has 2 amide bonds. The van der Waals surface area contributed by atoms with Crippen molar-refractivity contribution >= 4 is 17.8 Å². The third-order valence-corrected chi connectivity index (χ3v) is 3.01. The Kier molecular flexibility index (Phi) is 3.42. The highest BCUT2D eigenvalue weighted by atomic mass is 16.7. The molecule has 3 rings (SSSR count). The largest absolute Gasteiger partial charge is 0.409 e. The summed E-state index contributed by atoms with van der Waals surface area (Å²) in [5.41, 5.74) is 1.04. The number of amides is 2. The summed E-state index contributed by atoms with van der Waals surface area (Å²) in [6.45, 7) is 0. The summed E-state index contributed by atoms with van der Waals surface area (Å²) in [4.78, 5) is 40.4. The third-order valence-electron chi connectivity index (χ3n) is 3.01. The molecule has 0 unspecified atom stereocenters. The second kappa shape index (κ2) is 5.54. The van der Waals surface area contributed by atoms with Crippen LogP contribution in [0.4, 0.5) is 0 Å². The zero-order valence-corrected chi connectivity index (χ0v) is 11.3. The molecule has 0 atom stereocenters. The SMILES string of the molecule is O=C(C#Cc1ccccc1)ON1C(=O)c2ccccc2C1=O. The monoisotopic (exact) mass is 291 g/mol. The number of rotatable bonds is 1. The Labute approximate surface area is 126 Å². The van der Waals surface area contributed by atoms with Gasteiger partial charge in [0.15, 0.2) is 0 Å². The maximum absolute atomic E-state index is 12.0. The predicted octanol–water partition coefficient (Wildman–Crippen LogP) is 1.79. The lowest BCUT2D eigenvalue weighted by Crippen LogP contribution is -2.32. The van der Waals surface area contributed by atoms with Crippen LogP contribution >= 0.6 is 0 Å². The summed E-state index contributed by atoms with van der Waals surface area (Å²) in [5, 5.41) is 0.437. The molecule has 1 aliphatic heterocycles. The topological polar surface area (TPSA) is 63.7 Å². The molecule has 0 fully saturated rings. The lowest BCUT2D eigenvalue weighted by atomic mass is 10.1. The van der Waals surface area contributed by atoms with Gasteiger partial charge in [-0.25, -0.2) is 4.79 Å². The van der Waals surface area contributed by atoms with E-state index in [9.17, 15) is 14.4 Å². The highest BCUT2D eigenvalue weighted by Crippen LogP contribution is 2.22. The van der Waals surface area contributed by atoms with Crippen LogP contribution in [0.1, 0.15) is 26.3 Å². The van der Waals surface area contributed by atoms with Gasteiger partial charge in [0.1, 0.15) is 0 Å². The molecule has 0 saturated heterocycles.